The molecule has 1 aliphatic heterocycles. The molecule has 4 heteroatoms. The lowest BCUT2D eigenvalue weighted by molar-refractivity contribution is 0.160. The zero-order chi connectivity index (χ0) is 14.1. The first-order valence-corrected chi connectivity index (χ1v) is 6.57. The average molecular weight is 271 g/mol. The highest BCUT2D eigenvalue weighted by atomic mass is 16.5. The van der Waals surface area contributed by atoms with Crippen molar-refractivity contribution in [2.45, 2.75) is 12.1 Å². The number of aliphatic hydroxyl groups is 1. The number of β-amino-alcohol motifs (C(OH)–C–C–N with tert-alkyl or cyclic N) is 1. The molecule has 4 nitrogen and oxygen atoms in total. The number of aliphatic hydroxyl groups excluding tert-OH is 1. The quantitative estimate of drug-likeness (QED) is 0.783. The third-order valence-electron chi connectivity index (χ3n) is 3.70. The number of phenolic OH excluding ortho intramolecular Hbond substituents is 1. The highest BCUT2D eigenvalue weighted by molar-refractivity contribution is 5.45. The second-order valence-corrected chi connectivity index (χ2v) is 4.94. The van der Waals surface area contributed by atoms with Gasteiger partial charge in [-0.05, 0) is 41.0 Å². The van der Waals surface area contributed by atoms with Crippen LogP contribution < -0.4 is 10.1 Å². The Balaban J connectivity index is 2.01. The molecule has 2 aromatic carbocycles. The first-order chi connectivity index (χ1) is 9.69. The van der Waals surface area contributed by atoms with Crippen LogP contribution in [-0.2, 0) is 0 Å². The summed E-state index contributed by atoms with van der Waals surface area (Å²) in [6, 6.07) is 13.0. The van der Waals surface area contributed by atoms with E-state index in [1.165, 1.54) is 0 Å². The minimum Gasteiger partial charge on any atom is -0.508 e. The number of ether oxygens (including phenoxy) is 1. The van der Waals surface area contributed by atoms with Gasteiger partial charge in [0.1, 0.15) is 11.5 Å². The standard InChI is InChI=1S/C16H17NO3/c1-20-12-5-2-10(3-6-12)16-13-7-4-11(18)8-14(13)15(19)9-17-16/h2-8,15-19H,9H2,1H3/t15-,16+/m1/s1. The van der Waals surface area contributed by atoms with E-state index in [2.05, 4.69) is 5.32 Å². The van der Waals surface area contributed by atoms with Crippen molar-refractivity contribution >= 4 is 0 Å². The van der Waals surface area contributed by atoms with Gasteiger partial charge in [0.25, 0.3) is 0 Å². The van der Waals surface area contributed by atoms with Crippen LogP contribution >= 0.6 is 0 Å². The van der Waals surface area contributed by atoms with Gasteiger partial charge in [-0.3, -0.25) is 0 Å². The first kappa shape index (κ1) is 13.0. The van der Waals surface area contributed by atoms with Gasteiger partial charge in [0.05, 0.1) is 19.3 Å². The number of benzene rings is 2. The predicted octanol–water partition coefficient (Wildman–Crippen LogP) is 2.13. The Morgan fingerprint density at radius 1 is 1.10 bits per heavy atom. The monoisotopic (exact) mass is 271 g/mol. The predicted molar refractivity (Wildman–Crippen MR) is 75.9 cm³/mol. The van der Waals surface area contributed by atoms with Crippen molar-refractivity contribution in [1.29, 1.82) is 0 Å². The Bertz CT molecular complexity index is 610. The summed E-state index contributed by atoms with van der Waals surface area (Å²) in [5, 5.41) is 22.9. The van der Waals surface area contributed by atoms with Gasteiger partial charge >= 0.3 is 0 Å². The Hall–Kier alpha value is -2.04. The van der Waals surface area contributed by atoms with Crippen molar-refractivity contribution in [1.82, 2.24) is 5.32 Å². The van der Waals surface area contributed by atoms with Crippen molar-refractivity contribution in [2.75, 3.05) is 13.7 Å². The molecule has 0 unspecified atom stereocenters. The van der Waals surface area contributed by atoms with E-state index in [-0.39, 0.29) is 11.8 Å². The van der Waals surface area contributed by atoms with E-state index in [9.17, 15) is 10.2 Å². The minimum atomic E-state index is -0.591. The second kappa shape index (κ2) is 5.15. The number of fused-ring (bicyclic) bond motifs is 1. The summed E-state index contributed by atoms with van der Waals surface area (Å²) < 4.78 is 5.17. The number of methoxy groups -OCH3 is 1. The van der Waals surface area contributed by atoms with E-state index >= 15 is 0 Å². The van der Waals surface area contributed by atoms with Crippen molar-refractivity contribution in [3.05, 3.63) is 59.2 Å². The molecule has 0 aromatic heterocycles. The molecule has 0 fully saturated rings. The molecular formula is C16H17NO3. The highest BCUT2D eigenvalue weighted by Crippen LogP contribution is 2.35. The van der Waals surface area contributed by atoms with E-state index in [1.54, 1.807) is 19.2 Å². The molecule has 1 heterocycles. The zero-order valence-corrected chi connectivity index (χ0v) is 11.2. The normalized spacial score (nSPS) is 21.3. The Morgan fingerprint density at radius 3 is 2.55 bits per heavy atom. The smallest absolute Gasteiger partial charge is 0.118 e. The van der Waals surface area contributed by atoms with Crippen molar-refractivity contribution in [3.63, 3.8) is 0 Å². The lowest BCUT2D eigenvalue weighted by Gasteiger charge is -2.30. The van der Waals surface area contributed by atoms with Crippen molar-refractivity contribution in [2.24, 2.45) is 0 Å². The van der Waals surface area contributed by atoms with E-state index in [4.69, 9.17) is 4.74 Å². The molecule has 3 N–H and O–H groups in total. The van der Waals surface area contributed by atoms with Gasteiger partial charge in [-0.25, -0.2) is 0 Å². The maximum atomic E-state index is 10.0. The molecule has 0 saturated heterocycles. The molecule has 1 aliphatic rings. The van der Waals surface area contributed by atoms with Crippen LogP contribution in [-0.4, -0.2) is 23.9 Å². The van der Waals surface area contributed by atoms with Crippen LogP contribution in [0.2, 0.25) is 0 Å². The number of rotatable bonds is 2. The molecule has 0 bridgehead atoms. The molecule has 20 heavy (non-hydrogen) atoms. The maximum Gasteiger partial charge on any atom is 0.118 e. The van der Waals surface area contributed by atoms with Crippen LogP contribution in [0.15, 0.2) is 42.5 Å². The fourth-order valence-electron chi connectivity index (χ4n) is 2.66. The molecule has 2 atom stereocenters. The first-order valence-electron chi connectivity index (χ1n) is 6.57. The van der Waals surface area contributed by atoms with Gasteiger partial charge in [-0.1, -0.05) is 18.2 Å². The van der Waals surface area contributed by atoms with E-state index in [1.807, 2.05) is 30.3 Å². The number of hydrogen-bond acceptors (Lipinski definition) is 4. The van der Waals surface area contributed by atoms with Crippen LogP contribution in [0.3, 0.4) is 0 Å². The lowest BCUT2D eigenvalue weighted by atomic mass is 9.88. The van der Waals surface area contributed by atoms with Gasteiger partial charge in [-0.2, -0.15) is 0 Å². The molecule has 0 saturated carbocycles. The van der Waals surface area contributed by atoms with Gasteiger partial charge in [0.15, 0.2) is 0 Å². The summed E-state index contributed by atoms with van der Waals surface area (Å²) in [6.45, 7) is 0.465. The number of nitrogens with one attached hydrogen (secondary N) is 1. The summed E-state index contributed by atoms with van der Waals surface area (Å²) in [5.74, 6) is 0.994. The van der Waals surface area contributed by atoms with Crippen LogP contribution in [0.4, 0.5) is 0 Å². The fraction of sp³-hybridized carbons (Fsp3) is 0.250. The van der Waals surface area contributed by atoms with Crippen LogP contribution in [0.5, 0.6) is 11.5 Å². The molecule has 104 valence electrons. The molecule has 0 spiro atoms. The van der Waals surface area contributed by atoms with E-state index in [0.717, 1.165) is 22.4 Å². The van der Waals surface area contributed by atoms with Gasteiger partial charge < -0.3 is 20.3 Å². The van der Waals surface area contributed by atoms with Gasteiger partial charge in [0.2, 0.25) is 0 Å². The zero-order valence-electron chi connectivity index (χ0n) is 11.2. The minimum absolute atomic E-state index is 0.0138. The second-order valence-electron chi connectivity index (χ2n) is 4.94. The van der Waals surface area contributed by atoms with Crippen molar-refractivity contribution in [3.8, 4) is 11.5 Å². The van der Waals surface area contributed by atoms with Crippen molar-refractivity contribution < 1.29 is 14.9 Å². The topological polar surface area (TPSA) is 61.7 Å². The summed E-state index contributed by atoms with van der Waals surface area (Å²) >= 11 is 0. The molecule has 0 amide bonds. The SMILES string of the molecule is COc1ccc([C@@H]2NC[C@@H](O)c3cc(O)ccc32)cc1. The number of hydrogen-bond donors (Lipinski definition) is 3. The van der Waals surface area contributed by atoms with Crippen LogP contribution in [0.1, 0.15) is 28.8 Å². The Morgan fingerprint density at radius 2 is 1.85 bits per heavy atom. The summed E-state index contributed by atoms with van der Waals surface area (Å²) in [6.07, 6.45) is -0.591. The largest absolute Gasteiger partial charge is 0.508 e. The van der Waals surface area contributed by atoms with Crippen LogP contribution in [0, 0.1) is 0 Å². The summed E-state index contributed by atoms with van der Waals surface area (Å²) in [7, 11) is 1.64. The molecule has 0 aliphatic carbocycles. The Kier molecular flexibility index (Phi) is 3.34. The third kappa shape index (κ3) is 2.24. The summed E-state index contributed by atoms with van der Waals surface area (Å²) in [4.78, 5) is 0. The Labute approximate surface area is 117 Å². The van der Waals surface area contributed by atoms with E-state index < -0.39 is 6.10 Å². The van der Waals surface area contributed by atoms with Crippen LogP contribution in [0.25, 0.3) is 0 Å². The van der Waals surface area contributed by atoms with Gasteiger partial charge in [0, 0.05) is 6.54 Å². The van der Waals surface area contributed by atoms with Gasteiger partial charge in [-0.15, -0.1) is 0 Å². The molecular weight excluding hydrogens is 254 g/mol. The fourth-order valence-corrected chi connectivity index (χ4v) is 2.66. The maximum absolute atomic E-state index is 10.0. The molecule has 0 radical (unpaired) electrons. The number of aromatic hydroxyl groups is 1. The third-order valence-corrected chi connectivity index (χ3v) is 3.70. The highest BCUT2D eigenvalue weighted by Gasteiger charge is 2.26. The average Bonchev–Trinajstić information content (AvgIpc) is 2.48. The lowest BCUT2D eigenvalue weighted by Crippen LogP contribution is -2.33. The molecule has 3 rings (SSSR count). The summed E-state index contributed by atoms with van der Waals surface area (Å²) in [5.41, 5.74) is 2.88. The number of phenols is 1. The molecule has 2 aromatic rings. The van der Waals surface area contributed by atoms with E-state index in [0.29, 0.717) is 6.54 Å².